The lowest BCUT2D eigenvalue weighted by Crippen LogP contribution is -2.30. The standard InChI is InChI=1S/C11H12FN3O2/c1-15-10(7-3-5-8(12)6-4-7)9(13-14-15)11(16)17-2/h3-6,9-10H,1-2H3. The van der Waals surface area contributed by atoms with Gasteiger partial charge in [0, 0.05) is 7.05 Å². The molecule has 2 unspecified atom stereocenters. The van der Waals surface area contributed by atoms with E-state index >= 15 is 0 Å². The van der Waals surface area contributed by atoms with Gasteiger partial charge in [-0.2, -0.15) is 5.11 Å². The van der Waals surface area contributed by atoms with Gasteiger partial charge >= 0.3 is 5.97 Å². The van der Waals surface area contributed by atoms with E-state index < -0.39 is 12.0 Å². The molecule has 0 spiro atoms. The van der Waals surface area contributed by atoms with Crippen molar-refractivity contribution < 1.29 is 13.9 Å². The number of likely N-dealkylation sites (N-methyl/N-ethyl adjacent to an activating group) is 1. The topological polar surface area (TPSA) is 54.3 Å². The first-order chi connectivity index (χ1) is 8.13. The molecule has 2 atom stereocenters. The average molecular weight is 237 g/mol. The fourth-order valence-corrected chi connectivity index (χ4v) is 1.81. The van der Waals surface area contributed by atoms with Gasteiger partial charge in [0.25, 0.3) is 0 Å². The number of rotatable bonds is 2. The van der Waals surface area contributed by atoms with Crippen molar-refractivity contribution in [3.8, 4) is 0 Å². The molecule has 1 aromatic carbocycles. The van der Waals surface area contributed by atoms with Gasteiger partial charge in [0.15, 0.2) is 6.04 Å². The molecule has 2 rings (SSSR count). The van der Waals surface area contributed by atoms with Gasteiger partial charge in [-0.25, -0.2) is 9.18 Å². The first-order valence-corrected chi connectivity index (χ1v) is 5.10. The summed E-state index contributed by atoms with van der Waals surface area (Å²) in [6.45, 7) is 0. The van der Waals surface area contributed by atoms with Crippen molar-refractivity contribution in [1.29, 1.82) is 0 Å². The highest BCUT2D eigenvalue weighted by molar-refractivity contribution is 5.77. The summed E-state index contributed by atoms with van der Waals surface area (Å²) >= 11 is 0. The number of nitrogens with zero attached hydrogens (tertiary/aromatic N) is 3. The number of halogens is 1. The van der Waals surface area contributed by atoms with E-state index in [9.17, 15) is 9.18 Å². The molecular weight excluding hydrogens is 225 g/mol. The zero-order valence-corrected chi connectivity index (χ0v) is 9.50. The maximum absolute atomic E-state index is 12.8. The lowest BCUT2D eigenvalue weighted by Gasteiger charge is -2.21. The molecule has 1 aliphatic heterocycles. The van der Waals surface area contributed by atoms with Crippen LogP contribution in [0, 0.1) is 5.82 Å². The Morgan fingerprint density at radius 3 is 2.65 bits per heavy atom. The minimum atomic E-state index is -0.699. The van der Waals surface area contributed by atoms with Gasteiger partial charge in [-0.05, 0) is 17.7 Å². The van der Waals surface area contributed by atoms with Crippen molar-refractivity contribution >= 4 is 5.97 Å². The van der Waals surface area contributed by atoms with Crippen LogP contribution in [0.5, 0.6) is 0 Å². The lowest BCUT2D eigenvalue weighted by molar-refractivity contribution is -0.143. The number of methoxy groups -OCH3 is 1. The van der Waals surface area contributed by atoms with E-state index in [1.807, 2.05) is 0 Å². The van der Waals surface area contributed by atoms with Gasteiger partial charge in [-0.1, -0.05) is 17.4 Å². The second-order valence-electron chi connectivity index (χ2n) is 3.74. The van der Waals surface area contributed by atoms with Crippen LogP contribution in [0.4, 0.5) is 4.39 Å². The Labute approximate surface area is 97.9 Å². The smallest absolute Gasteiger partial charge is 0.335 e. The van der Waals surface area contributed by atoms with Crippen LogP contribution < -0.4 is 0 Å². The third-order valence-electron chi connectivity index (χ3n) is 2.67. The highest BCUT2D eigenvalue weighted by Gasteiger charge is 2.37. The lowest BCUT2D eigenvalue weighted by atomic mass is 10.00. The third-order valence-corrected chi connectivity index (χ3v) is 2.67. The summed E-state index contributed by atoms with van der Waals surface area (Å²) in [5.74, 6) is -0.773. The molecule has 0 aromatic heterocycles. The fourth-order valence-electron chi connectivity index (χ4n) is 1.81. The fraction of sp³-hybridized carbons (Fsp3) is 0.364. The maximum Gasteiger partial charge on any atom is 0.335 e. The summed E-state index contributed by atoms with van der Waals surface area (Å²) in [6.07, 6.45) is 0. The molecular formula is C11H12FN3O2. The van der Waals surface area contributed by atoms with Crippen LogP contribution in [0.1, 0.15) is 11.6 Å². The molecule has 1 heterocycles. The van der Waals surface area contributed by atoms with Crippen molar-refractivity contribution in [2.24, 2.45) is 10.3 Å². The van der Waals surface area contributed by atoms with E-state index in [0.29, 0.717) is 0 Å². The molecule has 0 radical (unpaired) electrons. The van der Waals surface area contributed by atoms with E-state index in [0.717, 1.165) is 5.56 Å². The number of ether oxygens (including phenoxy) is 1. The summed E-state index contributed by atoms with van der Waals surface area (Å²) in [7, 11) is 3.01. The van der Waals surface area contributed by atoms with E-state index in [4.69, 9.17) is 0 Å². The second kappa shape index (κ2) is 4.48. The highest BCUT2D eigenvalue weighted by Crippen LogP contribution is 2.31. The van der Waals surface area contributed by atoms with Crippen LogP contribution in [-0.4, -0.2) is 31.2 Å². The molecule has 0 amide bonds. The monoisotopic (exact) mass is 237 g/mol. The first-order valence-electron chi connectivity index (χ1n) is 5.10. The molecule has 90 valence electrons. The zero-order chi connectivity index (χ0) is 12.4. The molecule has 0 bridgehead atoms. The van der Waals surface area contributed by atoms with Crippen LogP contribution in [-0.2, 0) is 9.53 Å². The summed E-state index contributed by atoms with van der Waals surface area (Å²) < 4.78 is 17.5. The maximum atomic E-state index is 12.8. The van der Waals surface area contributed by atoms with Gasteiger partial charge in [-0.3, -0.25) is 5.01 Å². The van der Waals surface area contributed by atoms with E-state index in [1.165, 1.54) is 19.2 Å². The second-order valence-corrected chi connectivity index (χ2v) is 3.74. The molecule has 0 fully saturated rings. The van der Waals surface area contributed by atoms with Crippen LogP contribution in [0.2, 0.25) is 0 Å². The Hall–Kier alpha value is -1.98. The SMILES string of the molecule is COC(=O)C1N=NN(C)C1c1ccc(F)cc1. The van der Waals surface area contributed by atoms with Crippen LogP contribution >= 0.6 is 0 Å². The van der Waals surface area contributed by atoms with Crippen molar-refractivity contribution in [1.82, 2.24) is 5.01 Å². The third kappa shape index (κ3) is 2.11. The van der Waals surface area contributed by atoms with Crippen molar-refractivity contribution in [2.75, 3.05) is 14.2 Å². The molecule has 0 aliphatic carbocycles. The molecule has 6 heteroatoms. The molecule has 0 saturated heterocycles. The minimum absolute atomic E-state index is 0.321. The molecule has 1 aliphatic rings. The summed E-state index contributed by atoms with van der Waals surface area (Å²) in [5.41, 5.74) is 0.773. The van der Waals surface area contributed by atoms with Gasteiger partial charge in [-0.15, -0.1) is 0 Å². The molecule has 5 nitrogen and oxygen atoms in total. The summed E-state index contributed by atoms with van der Waals surface area (Å²) in [5, 5.41) is 9.25. The van der Waals surface area contributed by atoms with Gasteiger partial charge in [0.05, 0.1) is 7.11 Å². The number of benzene rings is 1. The zero-order valence-electron chi connectivity index (χ0n) is 9.50. The largest absolute Gasteiger partial charge is 0.467 e. The summed E-state index contributed by atoms with van der Waals surface area (Å²) in [6, 6.07) is 4.87. The average Bonchev–Trinajstić information content (AvgIpc) is 2.71. The molecule has 17 heavy (non-hydrogen) atoms. The van der Waals surface area contributed by atoms with Gasteiger partial charge in [0.2, 0.25) is 0 Å². The van der Waals surface area contributed by atoms with Gasteiger partial charge < -0.3 is 4.74 Å². The molecule has 0 N–H and O–H groups in total. The van der Waals surface area contributed by atoms with Crippen LogP contribution in [0.3, 0.4) is 0 Å². The van der Waals surface area contributed by atoms with Crippen LogP contribution in [0.25, 0.3) is 0 Å². The number of hydrogen-bond acceptors (Lipinski definition) is 5. The Morgan fingerprint density at radius 1 is 1.41 bits per heavy atom. The first kappa shape index (κ1) is 11.5. The number of esters is 1. The Morgan fingerprint density at radius 2 is 2.06 bits per heavy atom. The molecule has 1 aromatic rings. The number of hydrogen-bond donors (Lipinski definition) is 0. The Balaban J connectivity index is 2.29. The quantitative estimate of drug-likeness (QED) is 0.736. The van der Waals surface area contributed by atoms with E-state index in [2.05, 4.69) is 15.1 Å². The number of carbonyl (C=O) groups is 1. The highest BCUT2D eigenvalue weighted by atomic mass is 19.1. The van der Waals surface area contributed by atoms with E-state index in [1.54, 1.807) is 24.2 Å². The van der Waals surface area contributed by atoms with Crippen LogP contribution in [0.15, 0.2) is 34.6 Å². The molecule has 0 saturated carbocycles. The van der Waals surface area contributed by atoms with Crippen molar-refractivity contribution in [2.45, 2.75) is 12.1 Å². The normalized spacial score (nSPS) is 22.9. The van der Waals surface area contributed by atoms with Gasteiger partial charge in [0.1, 0.15) is 11.9 Å². The number of carbonyl (C=O) groups excluding carboxylic acids is 1. The van der Waals surface area contributed by atoms with Crippen molar-refractivity contribution in [3.05, 3.63) is 35.6 Å². The minimum Gasteiger partial charge on any atom is -0.467 e. The Bertz CT molecular complexity index is 447. The Kier molecular flexibility index (Phi) is 3.03. The van der Waals surface area contributed by atoms with E-state index in [-0.39, 0.29) is 11.9 Å². The summed E-state index contributed by atoms with van der Waals surface area (Å²) in [4.78, 5) is 11.5. The predicted octanol–water partition coefficient (Wildman–Crippen LogP) is 1.72. The predicted molar refractivity (Wildman–Crippen MR) is 57.6 cm³/mol. The van der Waals surface area contributed by atoms with Crippen molar-refractivity contribution in [3.63, 3.8) is 0 Å².